The molecule has 2 aromatic rings. The highest BCUT2D eigenvalue weighted by Crippen LogP contribution is 2.44. The molecule has 0 saturated carbocycles. The predicted octanol–water partition coefficient (Wildman–Crippen LogP) is 7.14. The van der Waals surface area contributed by atoms with Gasteiger partial charge in [-0.2, -0.15) is 0 Å². The Balaban J connectivity index is 1.02. The van der Waals surface area contributed by atoms with E-state index in [-0.39, 0.29) is 5.92 Å². The molecule has 1 amide bonds. The molecule has 2 aromatic carbocycles. The van der Waals surface area contributed by atoms with Gasteiger partial charge in [-0.3, -0.25) is 0 Å². The molecule has 3 rings (SSSR count). The lowest BCUT2D eigenvalue weighted by Gasteiger charge is -2.14. The number of hydrogen-bond acceptors (Lipinski definition) is 7. The van der Waals surface area contributed by atoms with Crippen molar-refractivity contribution in [2.24, 2.45) is 0 Å². The summed E-state index contributed by atoms with van der Waals surface area (Å²) in [6.07, 6.45) is 10.8. The van der Waals surface area contributed by atoms with Crippen LogP contribution in [-0.2, 0) is 28.4 Å². The Morgan fingerprint density at radius 2 is 1.00 bits per heavy atom. The Bertz CT molecular complexity index is 972. The average molecular weight is 614 g/mol. The zero-order valence-electron chi connectivity index (χ0n) is 26.9. The quantitative estimate of drug-likeness (QED) is 0.107. The Morgan fingerprint density at radius 3 is 1.52 bits per heavy atom. The van der Waals surface area contributed by atoms with Crippen molar-refractivity contribution in [2.75, 3.05) is 79.2 Å². The second-order valence-electron chi connectivity index (χ2n) is 11.1. The average Bonchev–Trinajstić information content (AvgIpc) is 3.37. The first-order valence-electron chi connectivity index (χ1n) is 16.8. The Morgan fingerprint density at radius 1 is 0.568 bits per heavy atom. The van der Waals surface area contributed by atoms with Gasteiger partial charge in [-0.1, -0.05) is 100 Å². The fraction of sp³-hybridized carbons (Fsp3) is 0.639. The summed E-state index contributed by atoms with van der Waals surface area (Å²) in [5.41, 5.74) is 4.85. The number of hydrogen-bond donors (Lipinski definition) is 1. The smallest absolute Gasteiger partial charge is 0.407 e. The van der Waals surface area contributed by atoms with E-state index in [2.05, 4.69) is 36.5 Å². The first-order valence-corrected chi connectivity index (χ1v) is 16.8. The third-order valence-electron chi connectivity index (χ3n) is 7.71. The molecule has 8 nitrogen and oxygen atoms in total. The highest BCUT2D eigenvalue weighted by molar-refractivity contribution is 5.79. The first-order chi connectivity index (χ1) is 21.8. The minimum absolute atomic E-state index is 0.0642. The number of rotatable bonds is 27. The van der Waals surface area contributed by atoms with Gasteiger partial charge < -0.3 is 33.7 Å². The second kappa shape index (κ2) is 23.8. The maximum atomic E-state index is 12.2. The van der Waals surface area contributed by atoms with Crippen molar-refractivity contribution in [2.45, 2.75) is 70.6 Å². The molecule has 246 valence electrons. The number of carbonyl (C=O) groups is 1. The zero-order valence-corrected chi connectivity index (χ0v) is 26.9. The number of unbranched alkanes of at least 4 members (excludes halogenated alkanes) is 7. The van der Waals surface area contributed by atoms with Crippen LogP contribution in [0.1, 0.15) is 81.8 Å². The third-order valence-corrected chi connectivity index (χ3v) is 7.71. The molecule has 0 heterocycles. The van der Waals surface area contributed by atoms with Gasteiger partial charge >= 0.3 is 6.09 Å². The predicted molar refractivity (Wildman–Crippen MR) is 174 cm³/mol. The Labute approximate surface area is 265 Å². The number of carbonyl (C=O) groups excluding carboxylic acids is 1. The molecule has 0 aliphatic heterocycles. The van der Waals surface area contributed by atoms with Gasteiger partial charge in [0.1, 0.15) is 6.61 Å². The summed E-state index contributed by atoms with van der Waals surface area (Å²) in [6.45, 7) is 8.88. The van der Waals surface area contributed by atoms with E-state index in [1.54, 1.807) is 0 Å². The molecule has 0 fully saturated rings. The van der Waals surface area contributed by atoms with Crippen LogP contribution in [0.4, 0.5) is 4.79 Å². The van der Waals surface area contributed by atoms with Crippen molar-refractivity contribution in [3.05, 3.63) is 59.7 Å². The molecule has 0 unspecified atom stereocenters. The van der Waals surface area contributed by atoms with Crippen molar-refractivity contribution in [3.8, 4) is 11.1 Å². The molecule has 44 heavy (non-hydrogen) atoms. The fourth-order valence-electron chi connectivity index (χ4n) is 5.33. The summed E-state index contributed by atoms with van der Waals surface area (Å²) in [4.78, 5) is 12.2. The van der Waals surface area contributed by atoms with Crippen LogP contribution in [0.5, 0.6) is 0 Å². The molecule has 0 saturated heterocycles. The number of alkyl carbamates (subject to hydrolysis) is 1. The van der Waals surface area contributed by atoms with Crippen LogP contribution in [0, 0.1) is 0 Å². The van der Waals surface area contributed by atoms with Gasteiger partial charge in [0.2, 0.25) is 0 Å². The van der Waals surface area contributed by atoms with E-state index in [9.17, 15) is 4.79 Å². The lowest BCUT2D eigenvalue weighted by molar-refractivity contribution is -0.0113. The van der Waals surface area contributed by atoms with Gasteiger partial charge in [-0.25, -0.2) is 4.79 Å². The van der Waals surface area contributed by atoms with Gasteiger partial charge in [-0.15, -0.1) is 0 Å². The van der Waals surface area contributed by atoms with Crippen LogP contribution < -0.4 is 5.32 Å². The summed E-state index contributed by atoms with van der Waals surface area (Å²) in [6, 6.07) is 16.6. The molecule has 8 heteroatoms. The van der Waals surface area contributed by atoms with Crippen LogP contribution in [0.15, 0.2) is 48.5 Å². The second-order valence-corrected chi connectivity index (χ2v) is 11.1. The topological polar surface area (TPSA) is 84.5 Å². The number of benzene rings is 2. The van der Waals surface area contributed by atoms with E-state index >= 15 is 0 Å². The number of amides is 1. The van der Waals surface area contributed by atoms with Gasteiger partial charge in [0, 0.05) is 25.7 Å². The van der Waals surface area contributed by atoms with Crippen LogP contribution in [-0.4, -0.2) is 85.3 Å². The van der Waals surface area contributed by atoms with E-state index < -0.39 is 6.09 Å². The molecule has 0 spiro atoms. The van der Waals surface area contributed by atoms with Gasteiger partial charge in [-0.05, 0) is 35.1 Å². The van der Waals surface area contributed by atoms with Gasteiger partial charge in [0.15, 0.2) is 0 Å². The third kappa shape index (κ3) is 14.5. The number of nitrogens with one attached hydrogen (secondary N) is 1. The zero-order chi connectivity index (χ0) is 30.9. The molecular formula is C36H55NO7. The monoisotopic (exact) mass is 613 g/mol. The number of fused-ring (bicyclic) bond motifs is 3. The SMILES string of the molecule is CCCCCCCCCCOCCOCCOCCOCCOCCCNC(=O)OCC1c2ccccc2-c2ccccc21. The largest absolute Gasteiger partial charge is 0.449 e. The summed E-state index contributed by atoms with van der Waals surface area (Å²) >= 11 is 0. The standard InChI is InChI=1S/C36H55NO7/c1-2-3-4-5-6-7-8-13-20-39-22-24-41-26-28-43-29-27-42-25-23-40-21-14-19-37-36(38)44-30-35-33-17-11-9-15-31(33)32-16-10-12-18-34(32)35/h9-12,15-18,35H,2-8,13-14,19-30H2,1H3,(H,37,38). The van der Waals surface area contributed by atoms with Crippen molar-refractivity contribution in [1.82, 2.24) is 5.32 Å². The Kier molecular flexibility index (Phi) is 19.5. The highest BCUT2D eigenvalue weighted by atomic mass is 16.6. The number of ether oxygens (including phenoxy) is 6. The normalized spacial score (nSPS) is 12.3. The van der Waals surface area contributed by atoms with E-state index in [0.717, 1.165) is 13.0 Å². The Hall–Kier alpha value is -2.49. The lowest BCUT2D eigenvalue weighted by Crippen LogP contribution is -2.27. The van der Waals surface area contributed by atoms with E-state index in [1.165, 1.54) is 67.2 Å². The summed E-state index contributed by atoms with van der Waals surface area (Å²) in [5.74, 6) is 0.0642. The van der Waals surface area contributed by atoms with Crippen molar-refractivity contribution < 1.29 is 33.2 Å². The van der Waals surface area contributed by atoms with Crippen LogP contribution >= 0.6 is 0 Å². The van der Waals surface area contributed by atoms with Crippen molar-refractivity contribution in [1.29, 1.82) is 0 Å². The van der Waals surface area contributed by atoms with Crippen LogP contribution in [0.2, 0.25) is 0 Å². The minimum Gasteiger partial charge on any atom is -0.449 e. The molecule has 0 atom stereocenters. The first kappa shape index (κ1) is 36.0. The lowest BCUT2D eigenvalue weighted by atomic mass is 9.98. The fourth-order valence-corrected chi connectivity index (χ4v) is 5.33. The van der Waals surface area contributed by atoms with Crippen LogP contribution in [0.3, 0.4) is 0 Å². The summed E-state index contributed by atoms with van der Waals surface area (Å²) < 4.78 is 33.4. The molecule has 1 aliphatic rings. The van der Waals surface area contributed by atoms with Crippen LogP contribution in [0.25, 0.3) is 11.1 Å². The van der Waals surface area contributed by atoms with E-state index in [1.807, 2.05) is 24.3 Å². The minimum atomic E-state index is -0.400. The van der Waals surface area contributed by atoms with E-state index in [4.69, 9.17) is 28.4 Å². The molecule has 0 aromatic heterocycles. The highest BCUT2D eigenvalue weighted by Gasteiger charge is 2.28. The van der Waals surface area contributed by atoms with Crippen molar-refractivity contribution >= 4 is 6.09 Å². The van der Waals surface area contributed by atoms with Gasteiger partial charge in [0.25, 0.3) is 0 Å². The molecule has 0 radical (unpaired) electrons. The molecule has 1 aliphatic carbocycles. The maximum absolute atomic E-state index is 12.2. The van der Waals surface area contributed by atoms with E-state index in [0.29, 0.717) is 79.0 Å². The van der Waals surface area contributed by atoms with Crippen molar-refractivity contribution in [3.63, 3.8) is 0 Å². The molecular weight excluding hydrogens is 558 g/mol. The molecule has 1 N–H and O–H groups in total. The maximum Gasteiger partial charge on any atom is 0.407 e. The summed E-state index contributed by atoms with van der Waals surface area (Å²) in [5, 5.41) is 2.81. The van der Waals surface area contributed by atoms with Gasteiger partial charge in [0.05, 0.1) is 52.9 Å². The molecule has 0 bridgehead atoms. The summed E-state index contributed by atoms with van der Waals surface area (Å²) in [7, 11) is 0.